The van der Waals surface area contributed by atoms with Gasteiger partial charge >= 0.3 is 5.97 Å². The van der Waals surface area contributed by atoms with Gasteiger partial charge < -0.3 is 4.74 Å². The number of carbonyl (C=O) groups is 1. The van der Waals surface area contributed by atoms with Crippen LogP contribution in [0.2, 0.25) is 0 Å². The van der Waals surface area contributed by atoms with Crippen LogP contribution in [0, 0.1) is 5.82 Å². The predicted octanol–water partition coefficient (Wildman–Crippen LogP) is 3.03. The Balaban J connectivity index is 3.04. The molecule has 7 heteroatoms. The molecule has 94 valence electrons. The van der Waals surface area contributed by atoms with Crippen LogP contribution in [-0.4, -0.2) is 17.6 Å². The zero-order chi connectivity index (χ0) is 13.0. The highest BCUT2D eigenvalue weighted by atomic mass is 79.9. The predicted molar refractivity (Wildman–Crippen MR) is 57.2 cm³/mol. The van der Waals surface area contributed by atoms with E-state index in [1.165, 1.54) is 0 Å². The number of nitrogens with zero attached hydrogens (tertiary/aromatic N) is 1. The molecule has 0 saturated heterocycles. The molecule has 0 radical (unpaired) electrons. The molecule has 0 aromatic carbocycles. The Labute approximate surface area is 104 Å². The lowest BCUT2D eigenvalue weighted by atomic mass is 10.1. The Morgan fingerprint density at radius 1 is 1.59 bits per heavy atom. The van der Waals surface area contributed by atoms with Crippen molar-refractivity contribution in [2.24, 2.45) is 0 Å². The second-order valence-corrected chi connectivity index (χ2v) is 3.83. The van der Waals surface area contributed by atoms with Gasteiger partial charge in [0, 0.05) is 5.56 Å². The van der Waals surface area contributed by atoms with Crippen LogP contribution in [0.25, 0.3) is 0 Å². The minimum Gasteiger partial charge on any atom is -0.466 e. The SMILES string of the molecule is CCOC(=O)Cc1nc(Br)c(F)cc1C(F)F. The third kappa shape index (κ3) is 3.69. The van der Waals surface area contributed by atoms with Crippen LogP contribution in [0.4, 0.5) is 13.2 Å². The van der Waals surface area contributed by atoms with E-state index in [0.717, 1.165) is 0 Å². The molecule has 0 unspecified atom stereocenters. The molecule has 0 amide bonds. The van der Waals surface area contributed by atoms with E-state index in [9.17, 15) is 18.0 Å². The number of hydrogen-bond acceptors (Lipinski definition) is 3. The Bertz CT molecular complexity index is 426. The number of alkyl halides is 2. The molecule has 17 heavy (non-hydrogen) atoms. The Morgan fingerprint density at radius 3 is 2.76 bits per heavy atom. The van der Waals surface area contributed by atoms with Gasteiger partial charge in [-0.3, -0.25) is 4.79 Å². The highest BCUT2D eigenvalue weighted by Gasteiger charge is 2.20. The quantitative estimate of drug-likeness (QED) is 0.634. The summed E-state index contributed by atoms with van der Waals surface area (Å²) in [7, 11) is 0. The van der Waals surface area contributed by atoms with Crippen molar-refractivity contribution in [1.29, 1.82) is 0 Å². The summed E-state index contributed by atoms with van der Waals surface area (Å²) in [6.07, 6.45) is -3.30. The summed E-state index contributed by atoms with van der Waals surface area (Å²) < 4.78 is 42.7. The van der Waals surface area contributed by atoms with Crippen molar-refractivity contribution >= 4 is 21.9 Å². The molecule has 0 saturated carbocycles. The molecule has 0 spiro atoms. The second-order valence-electron chi connectivity index (χ2n) is 3.08. The van der Waals surface area contributed by atoms with Gasteiger partial charge in [0.1, 0.15) is 4.60 Å². The first-order valence-electron chi connectivity index (χ1n) is 4.74. The van der Waals surface area contributed by atoms with Gasteiger partial charge in [-0.25, -0.2) is 18.2 Å². The fourth-order valence-electron chi connectivity index (χ4n) is 1.20. The van der Waals surface area contributed by atoms with Crippen molar-refractivity contribution in [3.05, 3.63) is 27.7 Å². The van der Waals surface area contributed by atoms with Crippen LogP contribution >= 0.6 is 15.9 Å². The molecule has 0 bridgehead atoms. The van der Waals surface area contributed by atoms with E-state index < -0.39 is 30.2 Å². The van der Waals surface area contributed by atoms with Gasteiger partial charge in [0.25, 0.3) is 6.43 Å². The topological polar surface area (TPSA) is 39.2 Å². The van der Waals surface area contributed by atoms with Crippen LogP contribution in [0.3, 0.4) is 0 Å². The second kappa shape index (κ2) is 6.00. The number of hydrogen-bond donors (Lipinski definition) is 0. The zero-order valence-electron chi connectivity index (χ0n) is 8.84. The average molecular weight is 312 g/mol. The fraction of sp³-hybridized carbons (Fsp3) is 0.400. The fourth-order valence-corrected chi connectivity index (χ4v) is 1.52. The van der Waals surface area contributed by atoms with Crippen LogP contribution in [0.1, 0.15) is 24.6 Å². The molecule has 1 rings (SSSR count). The monoisotopic (exact) mass is 311 g/mol. The lowest BCUT2D eigenvalue weighted by Crippen LogP contribution is -2.12. The van der Waals surface area contributed by atoms with Crippen molar-refractivity contribution in [2.75, 3.05) is 6.61 Å². The first-order valence-corrected chi connectivity index (χ1v) is 5.53. The molecule has 1 heterocycles. The van der Waals surface area contributed by atoms with Crippen molar-refractivity contribution in [3.8, 4) is 0 Å². The normalized spacial score (nSPS) is 10.7. The summed E-state index contributed by atoms with van der Waals surface area (Å²) in [5, 5.41) is 0. The van der Waals surface area contributed by atoms with Gasteiger partial charge in [-0.15, -0.1) is 0 Å². The molecule has 0 aliphatic heterocycles. The van der Waals surface area contributed by atoms with E-state index >= 15 is 0 Å². The maximum Gasteiger partial charge on any atom is 0.311 e. The number of carbonyl (C=O) groups excluding carboxylic acids is 1. The van der Waals surface area contributed by atoms with E-state index in [2.05, 4.69) is 25.7 Å². The zero-order valence-corrected chi connectivity index (χ0v) is 10.4. The van der Waals surface area contributed by atoms with Gasteiger partial charge in [-0.1, -0.05) is 0 Å². The van der Waals surface area contributed by atoms with Gasteiger partial charge in [0.05, 0.1) is 18.7 Å². The van der Waals surface area contributed by atoms with Crippen molar-refractivity contribution < 1.29 is 22.7 Å². The van der Waals surface area contributed by atoms with Crippen LogP contribution in [0.5, 0.6) is 0 Å². The van der Waals surface area contributed by atoms with Crippen LogP contribution in [0.15, 0.2) is 10.7 Å². The standard InChI is InChI=1S/C10H9BrF3NO2/c1-2-17-8(16)4-7-5(10(13)14)3-6(12)9(11)15-7/h3,10H,2,4H2,1H3. The van der Waals surface area contributed by atoms with Crippen molar-refractivity contribution in [3.63, 3.8) is 0 Å². The molecule has 0 aliphatic rings. The van der Waals surface area contributed by atoms with Crippen molar-refractivity contribution in [1.82, 2.24) is 4.98 Å². The van der Waals surface area contributed by atoms with Crippen LogP contribution < -0.4 is 0 Å². The maximum absolute atomic E-state index is 13.0. The summed E-state index contributed by atoms with van der Waals surface area (Å²) in [6.45, 7) is 1.74. The van der Waals surface area contributed by atoms with E-state index in [-0.39, 0.29) is 16.9 Å². The first-order chi connectivity index (χ1) is 7.95. The number of rotatable bonds is 4. The molecule has 0 N–H and O–H groups in total. The molecule has 1 aromatic rings. The summed E-state index contributed by atoms with van der Waals surface area (Å²) in [4.78, 5) is 14.7. The van der Waals surface area contributed by atoms with Crippen LogP contribution in [-0.2, 0) is 16.0 Å². The average Bonchev–Trinajstić information content (AvgIpc) is 2.23. The molecule has 0 aliphatic carbocycles. The third-order valence-corrected chi connectivity index (χ3v) is 2.45. The molecule has 1 aromatic heterocycles. The Hall–Kier alpha value is -1.11. The maximum atomic E-state index is 13.0. The molecule has 3 nitrogen and oxygen atoms in total. The number of ether oxygens (including phenoxy) is 1. The highest BCUT2D eigenvalue weighted by Crippen LogP contribution is 2.26. The van der Waals surface area contributed by atoms with Gasteiger partial charge in [-0.05, 0) is 28.9 Å². The van der Waals surface area contributed by atoms with Crippen molar-refractivity contribution in [2.45, 2.75) is 19.8 Å². The Morgan fingerprint density at radius 2 is 2.24 bits per heavy atom. The van der Waals surface area contributed by atoms with E-state index in [1.54, 1.807) is 6.92 Å². The minimum absolute atomic E-state index is 0.144. The highest BCUT2D eigenvalue weighted by molar-refractivity contribution is 9.10. The van der Waals surface area contributed by atoms with Gasteiger partial charge in [0.2, 0.25) is 0 Å². The van der Waals surface area contributed by atoms with Gasteiger partial charge in [0.15, 0.2) is 5.82 Å². The summed E-state index contributed by atoms with van der Waals surface area (Å²) in [5.41, 5.74) is -0.787. The molecular formula is C10H9BrF3NO2. The molecule has 0 atom stereocenters. The number of halogens is 4. The molecular weight excluding hydrogens is 303 g/mol. The largest absolute Gasteiger partial charge is 0.466 e. The third-order valence-electron chi connectivity index (χ3n) is 1.90. The smallest absolute Gasteiger partial charge is 0.311 e. The first kappa shape index (κ1) is 14.0. The van der Waals surface area contributed by atoms with Gasteiger partial charge in [-0.2, -0.15) is 0 Å². The number of esters is 1. The summed E-state index contributed by atoms with van der Waals surface area (Å²) >= 11 is 2.78. The number of aromatic nitrogens is 1. The lowest BCUT2D eigenvalue weighted by molar-refractivity contribution is -0.142. The van der Waals surface area contributed by atoms with E-state index in [0.29, 0.717) is 6.07 Å². The van der Waals surface area contributed by atoms with E-state index in [1.807, 2.05) is 0 Å². The Kier molecular flexibility index (Phi) is 4.92. The number of pyridine rings is 1. The summed E-state index contributed by atoms with van der Waals surface area (Å²) in [6, 6.07) is 0.663. The van der Waals surface area contributed by atoms with E-state index in [4.69, 9.17) is 0 Å². The minimum atomic E-state index is -2.89. The molecule has 0 fully saturated rings. The summed E-state index contributed by atoms with van der Waals surface area (Å²) in [5.74, 6) is -1.58. The lowest BCUT2D eigenvalue weighted by Gasteiger charge is -2.08.